The number of amides is 1. The van der Waals surface area contributed by atoms with E-state index in [9.17, 15) is 13.2 Å². The van der Waals surface area contributed by atoms with Gasteiger partial charge in [0.05, 0.1) is 4.90 Å². The van der Waals surface area contributed by atoms with Crippen LogP contribution in [0.15, 0.2) is 29.2 Å². The maximum absolute atomic E-state index is 12.4. The van der Waals surface area contributed by atoms with Crippen molar-refractivity contribution in [3.63, 3.8) is 0 Å². The van der Waals surface area contributed by atoms with Gasteiger partial charge in [-0.25, -0.2) is 13.1 Å². The molecule has 1 aromatic carbocycles. The van der Waals surface area contributed by atoms with Gasteiger partial charge in [-0.05, 0) is 57.9 Å². The zero-order valence-electron chi connectivity index (χ0n) is 14.5. The number of benzene rings is 1. The van der Waals surface area contributed by atoms with E-state index in [1.165, 1.54) is 12.1 Å². The summed E-state index contributed by atoms with van der Waals surface area (Å²) in [6.45, 7) is 6.63. The first-order valence-corrected chi connectivity index (χ1v) is 9.96. The minimum Gasteiger partial charge on any atom is -0.326 e. The van der Waals surface area contributed by atoms with Crippen molar-refractivity contribution in [2.24, 2.45) is 5.92 Å². The van der Waals surface area contributed by atoms with Gasteiger partial charge >= 0.3 is 0 Å². The number of carbonyl (C=O) groups is 1. The van der Waals surface area contributed by atoms with E-state index in [-0.39, 0.29) is 22.8 Å². The summed E-state index contributed by atoms with van der Waals surface area (Å²) >= 11 is 0. The van der Waals surface area contributed by atoms with Gasteiger partial charge in [-0.15, -0.1) is 0 Å². The normalized spacial score (nSPS) is 22.8. The predicted octanol–water partition coefficient (Wildman–Crippen LogP) is 2.09. The van der Waals surface area contributed by atoms with Crippen molar-refractivity contribution in [2.45, 2.75) is 57.0 Å². The zero-order valence-corrected chi connectivity index (χ0v) is 15.3. The summed E-state index contributed by atoms with van der Waals surface area (Å²) in [5.74, 6) is -0.0902. The fourth-order valence-electron chi connectivity index (χ4n) is 2.77. The lowest BCUT2D eigenvalue weighted by molar-refractivity contribution is -0.120. The fourth-order valence-corrected chi connectivity index (χ4v) is 4.14. The van der Waals surface area contributed by atoms with Gasteiger partial charge in [-0.2, -0.15) is 0 Å². The standard InChI is InChI=1S/C17H27N3O3S/c1-4-12(2)20-24(22,23)16-7-5-6-15(11-16)19-17(21)14-8-9-18-13(3)10-14/h5-7,11-14,18,20H,4,8-10H2,1-3H3,(H,19,21)/t12?,13-,14-/m0/s1. The summed E-state index contributed by atoms with van der Waals surface area (Å²) < 4.78 is 27.3. The van der Waals surface area contributed by atoms with Gasteiger partial charge in [-0.1, -0.05) is 13.0 Å². The zero-order chi connectivity index (χ0) is 17.7. The molecular formula is C17H27N3O3S. The smallest absolute Gasteiger partial charge is 0.240 e. The Balaban J connectivity index is 2.08. The van der Waals surface area contributed by atoms with Gasteiger partial charge in [-0.3, -0.25) is 4.79 Å². The molecule has 0 bridgehead atoms. The van der Waals surface area contributed by atoms with Crippen molar-refractivity contribution >= 4 is 21.6 Å². The molecular weight excluding hydrogens is 326 g/mol. The molecule has 1 unspecified atom stereocenters. The molecule has 0 aromatic heterocycles. The highest BCUT2D eigenvalue weighted by Crippen LogP contribution is 2.20. The second kappa shape index (κ2) is 8.09. The first-order chi connectivity index (χ1) is 11.3. The third kappa shape index (κ3) is 5.03. The van der Waals surface area contributed by atoms with E-state index >= 15 is 0 Å². The van der Waals surface area contributed by atoms with Crippen molar-refractivity contribution in [3.8, 4) is 0 Å². The highest BCUT2D eigenvalue weighted by atomic mass is 32.2. The van der Waals surface area contributed by atoms with E-state index in [0.717, 1.165) is 19.4 Å². The van der Waals surface area contributed by atoms with Crippen LogP contribution >= 0.6 is 0 Å². The number of hydrogen-bond donors (Lipinski definition) is 3. The van der Waals surface area contributed by atoms with Crippen LogP contribution in [0.5, 0.6) is 0 Å². The van der Waals surface area contributed by atoms with Crippen LogP contribution in [-0.4, -0.2) is 33.0 Å². The molecule has 7 heteroatoms. The van der Waals surface area contributed by atoms with Crippen molar-refractivity contribution in [1.29, 1.82) is 0 Å². The maximum atomic E-state index is 12.4. The van der Waals surface area contributed by atoms with E-state index in [4.69, 9.17) is 0 Å². The molecule has 3 N–H and O–H groups in total. The minimum absolute atomic E-state index is 0.0419. The number of nitrogens with one attached hydrogen (secondary N) is 3. The van der Waals surface area contributed by atoms with Crippen molar-refractivity contribution < 1.29 is 13.2 Å². The lowest BCUT2D eigenvalue weighted by Crippen LogP contribution is -2.40. The number of anilines is 1. The third-order valence-electron chi connectivity index (χ3n) is 4.38. The Hall–Kier alpha value is -1.44. The summed E-state index contributed by atoms with van der Waals surface area (Å²) in [5, 5.41) is 6.17. The molecule has 1 aliphatic heterocycles. The van der Waals surface area contributed by atoms with Crippen LogP contribution in [-0.2, 0) is 14.8 Å². The largest absolute Gasteiger partial charge is 0.326 e. The molecule has 1 heterocycles. The van der Waals surface area contributed by atoms with Crippen LogP contribution in [0, 0.1) is 5.92 Å². The molecule has 24 heavy (non-hydrogen) atoms. The first kappa shape index (κ1) is 18.9. The number of piperidine rings is 1. The average molecular weight is 353 g/mol. The number of carbonyl (C=O) groups excluding carboxylic acids is 1. The highest BCUT2D eigenvalue weighted by molar-refractivity contribution is 7.89. The molecule has 134 valence electrons. The number of hydrogen-bond acceptors (Lipinski definition) is 4. The predicted molar refractivity (Wildman–Crippen MR) is 95.3 cm³/mol. The molecule has 0 saturated carbocycles. The van der Waals surface area contributed by atoms with Gasteiger partial charge in [0.15, 0.2) is 0 Å². The van der Waals surface area contributed by atoms with Gasteiger partial charge in [0.2, 0.25) is 15.9 Å². The monoisotopic (exact) mass is 353 g/mol. The lowest BCUT2D eigenvalue weighted by atomic mass is 9.92. The van der Waals surface area contributed by atoms with Crippen LogP contribution in [0.1, 0.15) is 40.0 Å². The summed E-state index contributed by atoms with van der Waals surface area (Å²) in [7, 11) is -3.57. The number of sulfonamides is 1. The maximum Gasteiger partial charge on any atom is 0.240 e. The Morgan fingerprint density at radius 2 is 2.17 bits per heavy atom. The quantitative estimate of drug-likeness (QED) is 0.731. The molecule has 0 spiro atoms. The van der Waals surface area contributed by atoms with Crippen molar-refractivity contribution in [2.75, 3.05) is 11.9 Å². The van der Waals surface area contributed by atoms with Crippen LogP contribution in [0.25, 0.3) is 0 Å². The molecule has 1 aliphatic rings. The molecule has 1 amide bonds. The Bertz CT molecular complexity index is 675. The van der Waals surface area contributed by atoms with Gasteiger partial charge in [0.1, 0.15) is 0 Å². The first-order valence-electron chi connectivity index (χ1n) is 8.48. The number of rotatable bonds is 6. The molecule has 3 atom stereocenters. The third-order valence-corrected chi connectivity index (χ3v) is 5.96. The molecule has 1 fully saturated rings. The van der Waals surface area contributed by atoms with Crippen molar-refractivity contribution in [3.05, 3.63) is 24.3 Å². The van der Waals surface area contributed by atoms with E-state index in [0.29, 0.717) is 18.2 Å². The summed E-state index contributed by atoms with van der Waals surface area (Å²) in [4.78, 5) is 12.6. The molecule has 2 rings (SSSR count). The van der Waals surface area contributed by atoms with Crippen LogP contribution in [0.3, 0.4) is 0 Å². The van der Waals surface area contributed by atoms with Crippen molar-refractivity contribution in [1.82, 2.24) is 10.0 Å². The highest BCUT2D eigenvalue weighted by Gasteiger charge is 2.25. The molecule has 0 aliphatic carbocycles. The Morgan fingerprint density at radius 3 is 2.83 bits per heavy atom. The van der Waals surface area contributed by atoms with Gasteiger partial charge in [0, 0.05) is 23.7 Å². The SMILES string of the molecule is CCC(C)NS(=O)(=O)c1cccc(NC(=O)[C@H]2CCN[C@@H](C)C2)c1. The minimum atomic E-state index is -3.57. The molecule has 1 aromatic rings. The lowest BCUT2D eigenvalue weighted by Gasteiger charge is -2.27. The Labute approximate surface area is 144 Å². The molecule has 0 radical (unpaired) electrons. The molecule has 6 nitrogen and oxygen atoms in total. The second-order valence-electron chi connectivity index (χ2n) is 6.52. The average Bonchev–Trinajstić information content (AvgIpc) is 2.54. The fraction of sp³-hybridized carbons (Fsp3) is 0.588. The molecule has 1 saturated heterocycles. The van der Waals surface area contributed by atoms with E-state index in [1.54, 1.807) is 12.1 Å². The Kier molecular flexibility index (Phi) is 6.37. The second-order valence-corrected chi connectivity index (χ2v) is 8.24. The summed E-state index contributed by atoms with van der Waals surface area (Å²) in [6, 6.07) is 6.58. The van der Waals surface area contributed by atoms with Gasteiger partial charge < -0.3 is 10.6 Å². The van der Waals surface area contributed by atoms with Crippen LogP contribution < -0.4 is 15.4 Å². The van der Waals surface area contributed by atoms with Gasteiger partial charge in [0.25, 0.3) is 0 Å². The summed E-state index contributed by atoms with van der Waals surface area (Å²) in [6.07, 6.45) is 2.30. The van der Waals surface area contributed by atoms with E-state index < -0.39 is 10.0 Å². The van der Waals surface area contributed by atoms with E-state index in [2.05, 4.69) is 22.3 Å². The Morgan fingerprint density at radius 1 is 1.42 bits per heavy atom. The topological polar surface area (TPSA) is 87.3 Å². The van der Waals surface area contributed by atoms with Crippen LogP contribution in [0.2, 0.25) is 0 Å². The summed E-state index contributed by atoms with van der Waals surface area (Å²) in [5.41, 5.74) is 0.512. The van der Waals surface area contributed by atoms with Crippen LogP contribution in [0.4, 0.5) is 5.69 Å². The van der Waals surface area contributed by atoms with E-state index in [1.807, 2.05) is 13.8 Å².